The number of nitrogens with zero attached hydrogens (tertiary/aromatic N) is 2. The third kappa shape index (κ3) is 6.65. The fourth-order valence-electron chi connectivity index (χ4n) is 3.29. The summed E-state index contributed by atoms with van der Waals surface area (Å²) < 4.78 is 11.9. The van der Waals surface area contributed by atoms with Gasteiger partial charge in [-0.1, -0.05) is 34.7 Å². The average molecular weight is 463 g/mol. The summed E-state index contributed by atoms with van der Waals surface area (Å²) in [4.78, 5) is 0. The zero-order valence-electron chi connectivity index (χ0n) is 20.9. The second-order valence-corrected chi connectivity index (χ2v) is 10.3. The summed E-state index contributed by atoms with van der Waals surface area (Å²) in [7, 11) is 0. The highest BCUT2D eigenvalue weighted by Crippen LogP contribution is 2.27. The predicted molar refractivity (Wildman–Crippen MR) is 134 cm³/mol. The van der Waals surface area contributed by atoms with E-state index >= 15 is 0 Å². The van der Waals surface area contributed by atoms with Crippen molar-refractivity contribution in [2.45, 2.75) is 65.8 Å². The van der Waals surface area contributed by atoms with Crippen LogP contribution in [0.3, 0.4) is 0 Å². The minimum absolute atomic E-state index is 0.384. The molecule has 0 aliphatic carbocycles. The van der Waals surface area contributed by atoms with Gasteiger partial charge in [-0.2, -0.15) is 0 Å². The van der Waals surface area contributed by atoms with E-state index in [-0.39, 0.29) is 0 Å². The molecule has 0 heterocycles. The zero-order valence-corrected chi connectivity index (χ0v) is 20.9. The van der Waals surface area contributed by atoms with Crippen LogP contribution < -0.4 is 19.6 Å². The largest absolute Gasteiger partial charge is 0.489 e. The molecule has 34 heavy (non-hydrogen) atoms. The molecule has 0 aliphatic rings. The Bertz CT molecular complexity index is 965. The standard InChI is InChI=1S/C28H34N2O4/c1-27(2,3)29(31)23-11-15-25(16-12-23)33-19-21-9-7-8-10-22(21)20-34-26-17-13-24(14-18-26)30(32)28(4,5)6/h7-18H,19-20H2,1-6H3. The summed E-state index contributed by atoms with van der Waals surface area (Å²) in [6, 6.07) is 22.3. The van der Waals surface area contributed by atoms with Crippen molar-refractivity contribution in [1.82, 2.24) is 0 Å². The SMILES string of the molecule is CC(C)(C)N([O])c1ccc(OCc2ccccc2COc2ccc(N([O])C(C)(C)C)cc2)cc1. The number of hydrogen-bond acceptors (Lipinski definition) is 4. The van der Waals surface area contributed by atoms with Crippen LogP contribution in [-0.4, -0.2) is 11.1 Å². The van der Waals surface area contributed by atoms with E-state index in [0.29, 0.717) is 36.1 Å². The molecule has 2 radical (unpaired) electrons. The van der Waals surface area contributed by atoms with Crippen molar-refractivity contribution in [3.05, 3.63) is 83.9 Å². The Balaban J connectivity index is 1.60. The minimum Gasteiger partial charge on any atom is -0.489 e. The van der Waals surface area contributed by atoms with Crippen LogP contribution in [0.1, 0.15) is 52.7 Å². The minimum atomic E-state index is -0.497. The summed E-state index contributed by atoms with van der Waals surface area (Å²) in [5.41, 5.74) is 2.23. The second kappa shape index (κ2) is 10.4. The summed E-state index contributed by atoms with van der Waals surface area (Å²) in [6.07, 6.45) is 0. The molecule has 3 aromatic carbocycles. The van der Waals surface area contributed by atoms with Crippen molar-refractivity contribution in [3.63, 3.8) is 0 Å². The molecule has 0 bridgehead atoms. The van der Waals surface area contributed by atoms with Crippen LogP contribution in [0.4, 0.5) is 11.4 Å². The van der Waals surface area contributed by atoms with Gasteiger partial charge in [-0.15, -0.1) is 0 Å². The van der Waals surface area contributed by atoms with E-state index in [1.54, 1.807) is 24.3 Å². The van der Waals surface area contributed by atoms with Gasteiger partial charge in [0.05, 0.1) is 22.5 Å². The Labute approximate surface area is 202 Å². The maximum Gasteiger partial charge on any atom is 0.119 e. The lowest BCUT2D eigenvalue weighted by molar-refractivity contribution is 0.102. The fraction of sp³-hybridized carbons (Fsp3) is 0.357. The Morgan fingerprint density at radius 1 is 0.559 bits per heavy atom. The third-order valence-corrected chi connectivity index (χ3v) is 5.27. The lowest BCUT2D eigenvalue weighted by Gasteiger charge is -2.28. The first kappa shape index (κ1) is 25.4. The van der Waals surface area contributed by atoms with Gasteiger partial charge in [-0.05, 0) is 101 Å². The molecule has 0 saturated heterocycles. The Kier molecular flexibility index (Phi) is 7.75. The van der Waals surface area contributed by atoms with Crippen molar-refractivity contribution >= 4 is 11.4 Å². The van der Waals surface area contributed by atoms with Gasteiger partial charge < -0.3 is 9.47 Å². The van der Waals surface area contributed by atoms with E-state index in [1.165, 1.54) is 0 Å². The highest BCUT2D eigenvalue weighted by Gasteiger charge is 2.22. The average Bonchev–Trinajstić information content (AvgIpc) is 2.80. The van der Waals surface area contributed by atoms with Crippen LogP contribution in [-0.2, 0) is 23.6 Å². The van der Waals surface area contributed by atoms with Crippen molar-refractivity contribution in [2.24, 2.45) is 0 Å². The molecule has 0 amide bonds. The lowest BCUT2D eigenvalue weighted by atomic mass is 10.1. The van der Waals surface area contributed by atoms with Crippen LogP contribution in [0.15, 0.2) is 72.8 Å². The van der Waals surface area contributed by atoms with Crippen LogP contribution >= 0.6 is 0 Å². The molecule has 3 aromatic rings. The number of ether oxygens (including phenoxy) is 2. The molecule has 0 saturated carbocycles. The van der Waals surface area contributed by atoms with Gasteiger partial charge in [-0.3, -0.25) is 0 Å². The van der Waals surface area contributed by atoms with Crippen molar-refractivity contribution < 1.29 is 19.9 Å². The normalized spacial score (nSPS) is 11.8. The topological polar surface area (TPSA) is 64.7 Å². The maximum atomic E-state index is 12.3. The Morgan fingerprint density at radius 2 is 0.882 bits per heavy atom. The maximum absolute atomic E-state index is 12.3. The van der Waals surface area contributed by atoms with E-state index in [4.69, 9.17) is 9.47 Å². The molecule has 0 unspecified atom stereocenters. The van der Waals surface area contributed by atoms with Gasteiger partial charge in [0.1, 0.15) is 24.7 Å². The molecular formula is C28H34N2O4. The molecule has 0 aromatic heterocycles. The first-order valence-corrected chi connectivity index (χ1v) is 11.4. The van der Waals surface area contributed by atoms with E-state index in [1.807, 2.05) is 90.1 Å². The second-order valence-electron chi connectivity index (χ2n) is 10.3. The summed E-state index contributed by atoms with van der Waals surface area (Å²) in [5, 5.41) is 26.6. The first-order valence-electron chi connectivity index (χ1n) is 11.4. The number of hydroxylamine groups is 2. The summed E-state index contributed by atoms with van der Waals surface area (Å²) >= 11 is 0. The third-order valence-electron chi connectivity index (χ3n) is 5.27. The van der Waals surface area contributed by atoms with E-state index in [2.05, 4.69) is 0 Å². The van der Waals surface area contributed by atoms with Gasteiger partial charge in [0.15, 0.2) is 0 Å². The van der Waals surface area contributed by atoms with Crippen LogP contribution in [0, 0.1) is 0 Å². The number of hydrogen-bond donors (Lipinski definition) is 0. The number of anilines is 2. The van der Waals surface area contributed by atoms with Gasteiger partial charge in [0, 0.05) is 0 Å². The van der Waals surface area contributed by atoms with Crippen LogP contribution in [0.2, 0.25) is 0 Å². The van der Waals surface area contributed by atoms with E-state index < -0.39 is 11.1 Å². The first-order chi connectivity index (χ1) is 15.9. The van der Waals surface area contributed by atoms with E-state index in [9.17, 15) is 10.4 Å². The smallest absolute Gasteiger partial charge is 0.119 e. The summed E-state index contributed by atoms with van der Waals surface area (Å²) in [5.74, 6) is 1.39. The molecular weight excluding hydrogens is 428 g/mol. The van der Waals surface area contributed by atoms with Crippen LogP contribution in [0.25, 0.3) is 0 Å². The molecule has 0 aliphatic heterocycles. The van der Waals surface area contributed by atoms with Gasteiger partial charge in [0.2, 0.25) is 0 Å². The number of rotatable bonds is 8. The lowest BCUT2D eigenvalue weighted by Crippen LogP contribution is -2.37. The monoisotopic (exact) mass is 462 g/mol. The number of benzene rings is 3. The highest BCUT2D eigenvalue weighted by molar-refractivity contribution is 5.49. The van der Waals surface area contributed by atoms with Crippen molar-refractivity contribution in [2.75, 3.05) is 10.1 Å². The van der Waals surface area contributed by atoms with Crippen molar-refractivity contribution in [3.8, 4) is 11.5 Å². The predicted octanol–water partition coefficient (Wildman–Crippen LogP) is 6.75. The Morgan fingerprint density at radius 3 is 1.18 bits per heavy atom. The van der Waals surface area contributed by atoms with E-state index in [0.717, 1.165) is 21.3 Å². The Hall–Kier alpha value is -3.22. The molecule has 3 rings (SSSR count). The highest BCUT2D eigenvalue weighted by atomic mass is 16.5. The van der Waals surface area contributed by atoms with Gasteiger partial charge in [0.25, 0.3) is 0 Å². The molecule has 0 atom stereocenters. The fourth-order valence-corrected chi connectivity index (χ4v) is 3.29. The summed E-state index contributed by atoms with van der Waals surface area (Å²) in [6.45, 7) is 12.0. The molecule has 0 spiro atoms. The quantitative estimate of drug-likeness (QED) is 0.348. The molecule has 6 heteroatoms. The molecule has 6 nitrogen and oxygen atoms in total. The van der Waals surface area contributed by atoms with Gasteiger partial charge >= 0.3 is 0 Å². The van der Waals surface area contributed by atoms with Gasteiger partial charge in [-0.25, -0.2) is 10.1 Å². The molecule has 180 valence electrons. The zero-order chi connectivity index (χ0) is 24.9. The van der Waals surface area contributed by atoms with Crippen molar-refractivity contribution in [1.29, 1.82) is 0 Å². The van der Waals surface area contributed by atoms with Crippen LogP contribution in [0.5, 0.6) is 11.5 Å². The molecule has 0 fully saturated rings. The molecule has 0 N–H and O–H groups in total.